The number of carboxylic acid groups (broad SMARTS) is 1. The molecule has 5 atom stereocenters. The number of unbranched alkanes of at least 4 members (excludes halogenated alkanes) is 1. The molecule has 2 amide bonds. The summed E-state index contributed by atoms with van der Waals surface area (Å²) in [5.74, 6) is -3.80. The second kappa shape index (κ2) is 22.4. The Bertz CT molecular complexity index is 1480. The molecule has 1 aliphatic rings. The predicted octanol–water partition coefficient (Wildman–Crippen LogP) is 2.00. The van der Waals surface area contributed by atoms with Crippen molar-refractivity contribution in [2.45, 2.75) is 102 Å². The number of nitrogens with one attached hydrogen (secondary N) is 2. The van der Waals surface area contributed by atoms with Gasteiger partial charge in [-0.1, -0.05) is 80.9 Å². The molecule has 1 saturated heterocycles. The molecule has 0 aromatic heterocycles. The fourth-order valence-corrected chi connectivity index (χ4v) is 6.83. The summed E-state index contributed by atoms with van der Waals surface area (Å²) in [7, 11) is 0. The highest BCUT2D eigenvalue weighted by atomic mass is 16.4. The number of nitrogens with zero attached hydrogens (tertiary/aromatic N) is 1. The zero-order chi connectivity index (χ0) is 39.7. The van der Waals surface area contributed by atoms with E-state index in [9.17, 15) is 34.2 Å². The van der Waals surface area contributed by atoms with Crippen molar-refractivity contribution in [2.24, 2.45) is 29.2 Å². The summed E-state index contributed by atoms with van der Waals surface area (Å²) < 4.78 is 0. The molecule has 0 aliphatic carbocycles. The van der Waals surface area contributed by atoms with Crippen LogP contribution in [0.1, 0.15) is 76.3 Å². The molecule has 298 valence electrons. The standard InChI is InChI=1S/C41H61N5O8/c1-28(2)21-35(45-38(51)32(22-29-11-5-3-6-12-29)25-36(49)34(42)23-30-13-7-4-8-14-30)37(50)24-31(15-9-10-18-44-26-33(48)27-47)39(52)46-19-16-41(43,17-20-46)40(53)54/h3-8,11-14,28,31-35,44,47-48H,9-10,15-27,42-43H2,1-2H3,(H,45,51)(H,53,54)/t31-,32-,33+,34+,35+/m0/s1. The molecule has 2 aromatic carbocycles. The number of Topliss-reactive ketones (excluding diaryl/α,β-unsaturated/α-hetero) is 2. The van der Waals surface area contributed by atoms with Gasteiger partial charge in [0.1, 0.15) is 5.54 Å². The number of hydrogen-bond acceptors (Lipinski definition) is 10. The van der Waals surface area contributed by atoms with Crippen molar-refractivity contribution in [3.8, 4) is 0 Å². The lowest BCUT2D eigenvalue weighted by atomic mass is 9.86. The number of hydrogen-bond donors (Lipinski definition) is 7. The van der Waals surface area contributed by atoms with Gasteiger partial charge in [0.25, 0.3) is 0 Å². The Morgan fingerprint density at radius 2 is 1.43 bits per heavy atom. The number of carbonyl (C=O) groups is 5. The lowest BCUT2D eigenvalue weighted by molar-refractivity contribution is -0.149. The zero-order valence-corrected chi connectivity index (χ0v) is 31.8. The Kier molecular flexibility index (Phi) is 18.4. The van der Waals surface area contributed by atoms with Gasteiger partial charge in [0.05, 0.1) is 24.8 Å². The Morgan fingerprint density at radius 1 is 0.852 bits per heavy atom. The Morgan fingerprint density at radius 3 is 1.98 bits per heavy atom. The first kappa shape index (κ1) is 44.4. The van der Waals surface area contributed by atoms with Crippen molar-refractivity contribution >= 4 is 29.4 Å². The van der Waals surface area contributed by atoms with E-state index < -0.39 is 47.4 Å². The number of ketones is 2. The molecule has 13 heteroatoms. The minimum absolute atomic E-state index is 0.0260. The van der Waals surface area contributed by atoms with E-state index in [2.05, 4.69) is 10.6 Å². The summed E-state index contributed by atoms with van der Waals surface area (Å²) in [5, 5.41) is 34.3. The van der Waals surface area contributed by atoms with Gasteiger partial charge in [-0.05, 0) is 68.5 Å². The van der Waals surface area contributed by atoms with Gasteiger partial charge in [-0.15, -0.1) is 0 Å². The van der Waals surface area contributed by atoms with E-state index in [-0.39, 0.29) is 81.7 Å². The fraction of sp³-hybridized carbons (Fsp3) is 0.585. The minimum Gasteiger partial charge on any atom is -0.480 e. The van der Waals surface area contributed by atoms with Crippen molar-refractivity contribution in [2.75, 3.05) is 32.8 Å². The Hall–Kier alpha value is -4.01. The first-order valence-electron chi connectivity index (χ1n) is 19.2. The van der Waals surface area contributed by atoms with E-state index in [1.165, 1.54) is 0 Å². The molecule has 9 N–H and O–H groups in total. The molecule has 0 bridgehead atoms. The molecule has 1 heterocycles. The molecule has 13 nitrogen and oxygen atoms in total. The number of amides is 2. The maximum absolute atomic E-state index is 14.1. The number of nitrogens with two attached hydrogens (primary N) is 2. The summed E-state index contributed by atoms with van der Waals surface area (Å²) in [5.41, 5.74) is 12.8. The maximum Gasteiger partial charge on any atom is 0.323 e. The van der Waals surface area contributed by atoms with Crippen LogP contribution in [0.15, 0.2) is 60.7 Å². The van der Waals surface area contributed by atoms with Gasteiger partial charge >= 0.3 is 5.97 Å². The molecule has 0 saturated carbocycles. The summed E-state index contributed by atoms with van der Waals surface area (Å²) in [6, 6.07) is 17.1. The van der Waals surface area contributed by atoms with Crippen LogP contribution in [0, 0.1) is 17.8 Å². The first-order valence-corrected chi connectivity index (χ1v) is 19.2. The SMILES string of the molecule is CC(C)C[C@@H](NC(=O)[C@H](CC(=O)[C@H](N)Cc1ccccc1)Cc1ccccc1)C(=O)C[C@H](CCCCNC[C@@H](O)CO)C(=O)N1CCC(N)(C(=O)O)CC1. The first-order chi connectivity index (χ1) is 25.7. The van der Waals surface area contributed by atoms with Gasteiger partial charge in [0.15, 0.2) is 11.6 Å². The fourth-order valence-electron chi connectivity index (χ4n) is 6.83. The van der Waals surface area contributed by atoms with Crippen molar-refractivity contribution in [3.05, 3.63) is 71.8 Å². The molecule has 0 radical (unpaired) electrons. The van der Waals surface area contributed by atoms with Crippen LogP contribution < -0.4 is 22.1 Å². The second-order valence-corrected chi connectivity index (χ2v) is 15.2. The van der Waals surface area contributed by atoms with Gasteiger partial charge < -0.3 is 42.3 Å². The third-order valence-electron chi connectivity index (χ3n) is 10.2. The number of aliphatic carboxylic acids is 1. The normalized spacial score (nSPS) is 16.9. The van der Waals surface area contributed by atoms with E-state index in [4.69, 9.17) is 16.6 Å². The number of carboxylic acids is 1. The topological polar surface area (TPSA) is 225 Å². The Balaban J connectivity index is 1.76. The van der Waals surface area contributed by atoms with Crippen molar-refractivity contribution < 1.29 is 39.3 Å². The van der Waals surface area contributed by atoms with Gasteiger partial charge in [0.2, 0.25) is 11.8 Å². The van der Waals surface area contributed by atoms with Gasteiger partial charge in [0, 0.05) is 44.3 Å². The van der Waals surface area contributed by atoms with Crippen LogP contribution in [0.25, 0.3) is 0 Å². The number of benzene rings is 2. The van der Waals surface area contributed by atoms with E-state index in [1.54, 1.807) is 4.90 Å². The third-order valence-corrected chi connectivity index (χ3v) is 10.2. The second-order valence-electron chi connectivity index (χ2n) is 15.2. The van der Waals surface area contributed by atoms with Gasteiger partial charge in [-0.3, -0.25) is 24.0 Å². The van der Waals surface area contributed by atoms with E-state index >= 15 is 0 Å². The number of piperidine rings is 1. The van der Waals surface area contributed by atoms with E-state index in [1.807, 2.05) is 74.5 Å². The molecule has 0 unspecified atom stereocenters. The molecular formula is C41H61N5O8. The predicted molar refractivity (Wildman–Crippen MR) is 206 cm³/mol. The smallest absolute Gasteiger partial charge is 0.323 e. The monoisotopic (exact) mass is 751 g/mol. The molecule has 2 aromatic rings. The van der Waals surface area contributed by atoms with Crippen LogP contribution in [-0.2, 0) is 36.8 Å². The van der Waals surface area contributed by atoms with Crippen LogP contribution >= 0.6 is 0 Å². The number of rotatable bonds is 24. The lowest BCUT2D eigenvalue weighted by Crippen LogP contribution is -2.57. The zero-order valence-electron chi connectivity index (χ0n) is 31.8. The third kappa shape index (κ3) is 14.7. The van der Waals surface area contributed by atoms with Crippen LogP contribution in [0.4, 0.5) is 0 Å². The highest BCUT2D eigenvalue weighted by Crippen LogP contribution is 2.26. The summed E-state index contributed by atoms with van der Waals surface area (Å²) in [4.78, 5) is 68.8. The van der Waals surface area contributed by atoms with Crippen LogP contribution in [-0.4, -0.2) is 106 Å². The van der Waals surface area contributed by atoms with Crippen molar-refractivity contribution in [3.63, 3.8) is 0 Å². The average molecular weight is 752 g/mol. The number of carbonyl (C=O) groups excluding carboxylic acids is 4. The van der Waals surface area contributed by atoms with E-state index in [0.29, 0.717) is 38.6 Å². The van der Waals surface area contributed by atoms with Crippen LogP contribution in [0.2, 0.25) is 0 Å². The van der Waals surface area contributed by atoms with Crippen molar-refractivity contribution in [1.82, 2.24) is 15.5 Å². The quantitative estimate of drug-likeness (QED) is 0.0768. The lowest BCUT2D eigenvalue weighted by Gasteiger charge is -2.38. The summed E-state index contributed by atoms with van der Waals surface area (Å²) in [6.07, 6.45) is 1.64. The van der Waals surface area contributed by atoms with E-state index in [0.717, 1.165) is 11.1 Å². The molecule has 3 rings (SSSR count). The minimum atomic E-state index is -1.41. The Labute approximate surface area is 319 Å². The molecule has 1 aliphatic heterocycles. The molecule has 0 spiro atoms. The highest BCUT2D eigenvalue weighted by molar-refractivity contribution is 5.95. The largest absolute Gasteiger partial charge is 0.480 e. The summed E-state index contributed by atoms with van der Waals surface area (Å²) in [6.45, 7) is 4.60. The highest BCUT2D eigenvalue weighted by Gasteiger charge is 2.40. The number of likely N-dealkylation sites (tertiary alicyclic amines) is 1. The maximum atomic E-state index is 14.1. The van der Waals surface area contributed by atoms with Crippen molar-refractivity contribution in [1.29, 1.82) is 0 Å². The van der Waals surface area contributed by atoms with Gasteiger partial charge in [-0.25, -0.2) is 0 Å². The van der Waals surface area contributed by atoms with Gasteiger partial charge in [-0.2, -0.15) is 0 Å². The number of aliphatic hydroxyl groups excluding tert-OH is 2. The average Bonchev–Trinajstić information content (AvgIpc) is 3.15. The molecular weight excluding hydrogens is 690 g/mol. The van der Waals surface area contributed by atoms with Crippen LogP contribution in [0.3, 0.4) is 0 Å². The van der Waals surface area contributed by atoms with Crippen LogP contribution in [0.5, 0.6) is 0 Å². The summed E-state index contributed by atoms with van der Waals surface area (Å²) >= 11 is 0. The molecule has 1 fully saturated rings. The molecule has 54 heavy (non-hydrogen) atoms. The number of aliphatic hydroxyl groups is 2.